The van der Waals surface area contributed by atoms with Gasteiger partial charge in [0.05, 0.1) is 23.9 Å². The van der Waals surface area contributed by atoms with Crippen LogP contribution in [0.25, 0.3) is 0 Å². The van der Waals surface area contributed by atoms with Gasteiger partial charge in [-0.3, -0.25) is 14.4 Å². The lowest BCUT2D eigenvalue weighted by molar-refractivity contribution is 0.101. The van der Waals surface area contributed by atoms with E-state index in [9.17, 15) is 19.5 Å². The molecule has 1 aromatic heterocycles. The number of benzene rings is 1. The molecule has 1 N–H and O–H groups in total. The van der Waals surface area contributed by atoms with E-state index < -0.39 is 6.10 Å². The lowest BCUT2D eigenvalue weighted by Gasteiger charge is -2.17. The van der Waals surface area contributed by atoms with Gasteiger partial charge in [-0.1, -0.05) is 12.1 Å². The molecule has 1 unspecified atom stereocenters. The Balaban J connectivity index is 2.20. The van der Waals surface area contributed by atoms with Crippen molar-refractivity contribution in [2.45, 2.75) is 13.0 Å². The molecule has 0 saturated carbocycles. The molecule has 1 aliphatic heterocycles. The van der Waals surface area contributed by atoms with Gasteiger partial charge in [-0.15, -0.1) is 11.3 Å². The summed E-state index contributed by atoms with van der Waals surface area (Å²) in [4.78, 5) is 37.0. The third-order valence-corrected chi connectivity index (χ3v) is 5.06. The summed E-state index contributed by atoms with van der Waals surface area (Å²) in [5, 5.41) is 10.3. The lowest BCUT2D eigenvalue weighted by Crippen LogP contribution is -2.16. The van der Waals surface area contributed by atoms with Gasteiger partial charge in [-0.25, -0.2) is 0 Å². The van der Waals surface area contributed by atoms with Crippen molar-refractivity contribution in [1.82, 2.24) is 0 Å². The van der Waals surface area contributed by atoms with Crippen LogP contribution in [0.5, 0.6) is 0 Å². The van der Waals surface area contributed by atoms with Crippen LogP contribution in [0.3, 0.4) is 0 Å². The summed E-state index contributed by atoms with van der Waals surface area (Å²) in [6.07, 6.45) is 0.328. The van der Waals surface area contributed by atoms with Crippen molar-refractivity contribution in [1.29, 1.82) is 0 Å². The summed E-state index contributed by atoms with van der Waals surface area (Å²) < 4.78 is 0. The molecular weight excluding hydrogens is 302 g/mol. The molecule has 0 saturated heterocycles. The maximum atomic E-state index is 12.1. The van der Waals surface area contributed by atoms with Gasteiger partial charge >= 0.3 is 0 Å². The number of rotatable bonds is 4. The molecule has 1 atom stereocenters. The van der Waals surface area contributed by atoms with Crippen molar-refractivity contribution >= 4 is 40.4 Å². The molecule has 0 bridgehead atoms. The second-order valence-electron chi connectivity index (χ2n) is 5.04. The zero-order valence-electron chi connectivity index (χ0n) is 11.8. The third kappa shape index (κ3) is 2.08. The highest BCUT2D eigenvalue weighted by Crippen LogP contribution is 2.43. The predicted octanol–water partition coefficient (Wildman–Crippen LogP) is 2.76. The molecule has 112 valence electrons. The summed E-state index contributed by atoms with van der Waals surface area (Å²) in [6, 6.07) is 7.14. The number of ketones is 1. The van der Waals surface area contributed by atoms with Crippen molar-refractivity contribution in [3.63, 3.8) is 0 Å². The number of hydrogen-bond acceptors (Lipinski definition) is 6. The molecule has 5 nitrogen and oxygen atoms in total. The molecule has 3 rings (SSSR count). The number of fused-ring (bicyclic) bond motifs is 1. The van der Waals surface area contributed by atoms with Gasteiger partial charge in [-0.05, 0) is 19.1 Å². The molecule has 6 heteroatoms. The third-order valence-electron chi connectivity index (χ3n) is 3.65. The molecule has 2 heterocycles. The van der Waals surface area contributed by atoms with E-state index in [2.05, 4.69) is 0 Å². The second-order valence-corrected chi connectivity index (χ2v) is 6.07. The molecule has 1 aliphatic rings. The van der Waals surface area contributed by atoms with Crippen LogP contribution in [-0.4, -0.2) is 30.0 Å². The predicted molar refractivity (Wildman–Crippen MR) is 83.5 cm³/mol. The Morgan fingerprint density at radius 2 is 1.91 bits per heavy atom. The maximum Gasteiger partial charge on any atom is 0.184 e. The Kier molecular flexibility index (Phi) is 3.64. The molecule has 0 amide bonds. The molecule has 0 radical (unpaired) electrons. The summed E-state index contributed by atoms with van der Waals surface area (Å²) in [6.45, 7) is 1.67. The molecule has 0 spiro atoms. The number of aliphatic hydroxyl groups excluding tert-OH is 1. The van der Waals surface area contributed by atoms with Crippen LogP contribution >= 0.6 is 11.3 Å². The first kappa shape index (κ1) is 14.6. The molecular formula is C16H13NO4S. The number of anilines is 2. The minimum atomic E-state index is -0.855. The van der Waals surface area contributed by atoms with Crippen LogP contribution < -0.4 is 4.90 Å². The van der Waals surface area contributed by atoms with Crippen LogP contribution in [0.1, 0.15) is 49.0 Å². The molecule has 1 aromatic carbocycles. The van der Waals surface area contributed by atoms with Gasteiger partial charge in [0.25, 0.3) is 0 Å². The number of aliphatic hydroxyl groups is 1. The van der Waals surface area contributed by atoms with E-state index in [0.717, 1.165) is 0 Å². The largest absolute Gasteiger partial charge is 0.388 e. The molecule has 2 aromatic rings. The van der Waals surface area contributed by atoms with Gasteiger partial charge in [0.15, 0.2) is 18.4 Å². The first-order valence-corrected chi connectivity index (χ1v) is 7.55. The molecule has 0 fully saturated rings. The minimum absolute atomic E-state index is 0.0351. The first-order valence-electron chi connectivity index (χ1n) is 6.73. The SMILES string of the molecule is CC(O)c1sc(N2CC(=O)c3ccccc32)c(C=O)c1C=O. The number of carbonyl (C=O) groups is 3. The van der Waals surface area contributed by atoms with Crippen molar-refractivity contribution < 1.29 is 19.5 Å². The van der Waals surface area contributed by atoms with Gasteiger partial charge < -0.3 is 10.0 Å². The Bertz CT molecular complexity index is 778. The highest BCUT2D eigenvalue weighted by molar-refractivity contribution is 7.17. The topological polar surface area (TPSA) is 74.7 Å². The standard InChI is InChI=1S/C16H13NO4S/c1-9(20)15-11(7-18)12(8-19)16(22-15)17-6-14(21)10-4-2-3-5-13(10)17/h2-5,7-9,20H,6H2,1H3. The van der Waals surface area contributed by atoms with E-state index in [1.54, 1.807) is 30.0 Å². The van der Waals surface area contributed by atoms with Crippen molar-refractivity contribution in [3.05, 3.63) is 45.8 Å². The van der Waals surface area contributed by atoms with Gasteiger partial charge in [0.1, 0.15) is 5.00 Å². The average molecular weight is 315 g/mol. The highest BCUT2D eigenvalue weighted by Gasteiger charge is 2.32. The van der Waals surface area contributed by atoms with E-state index in [-0.39, 0.29) is 23.5 Å². The summed E-state index contributed by atoms with van der Waals surface area (Å²) in [7, 11) is 0. The summed E-state index contributed by atoms with van der Waals surface area (Å²) in [5.41, 5.74) is 1.73. The van der Waals surface area contributed by atoms with E-state index in [4.69, 9.17) is 0 Å². The van der Waals surface area contributed by atoms with Crippen LogP contribution in [0, 0.1) is 0 Å². The number of carbonyl (C=O) groups excluding carboxylic acids is 3. The maximum absolute atomic E-state index is 12.1. The fraction of sp³-hybridized carbons (Fsp3) is 0.188. The Morgan fingerprint density at radius 3 is 2.55 bits per heavy atom. The second kappa shape index (κ2) is 5.47. The first-order chi connectivity index (χ1) is 10.6. The Labute approximate surface area is 130 Å². The van der Waals surface area contributed by atoms with Crippen molar-refractivity contribution in [2.75, 3.05) is 11.4 Å². The van der Waals surface area contributed by atoms with Crippen molar-refractivity contribution in [3.8, 4) is 0 Å². The fourth-order valence-electron chi connectivity index (χ4n) is 2.65. The highest BCUT2D eigenvalue weighted by atomic mass is 32.1. The minimum Gasteiger partial charge on any atom is -0.388 e. The quantitative estimate of drug-likeness (QED) is 0.878. The van der Waals surface area contributed by atoms with E-state index in [1.165, 1.54) is 11.3 Å². The monoisotopic (exact) mass is 315 g/mol. The van der Waals surface area contributed by atoms with Gasteiger partial charge in [0.2, 0.25) is 0 Å². The van der Waals surface area contributed by atoms with Crippen LogP contribution in [0.2, 0.25) is 0 Å². The Morgan fingerprint density at radius 1 is 1.23 bits per heavy atom. The molecule has 22 heavy (non-hydrogen) atoms. The molecule has 0 aliphatic carbocycles. The normalized spacial score (nSPS) is 14.8. The summed E-state index contributed by atoms with van der Waals surface area (Å²) in [5.74, 6) is -0.0351. The number of nitrogens with zero attached hydrogens (tertiary/aromatic N) is 1. The van der Waals surface area contributed by atoms with Crippen LogP contribution in [0.15, 0.2) is 24.3 Å². The number of aldehydes is 2. The van der Waals surface area contributed by atoms with E-state index >= 15 is 0 Å². The van der Waals surface area contributed by atoms with Crippen LogP contribution in [-0.2, 0) is 0 Å². The number of thiophene rings is 1. The zero-order chi connectivity index (χ0) is 15.9. The Hall–Kier alpha value is -2.31. The smallest absolute Gasteiger partial charge is 0.184 e. The fourth-order valence-corrected chi connectivity index (χ4v) is 3.84. The number of Topliss-reactive ketones (excluding diaryl/α,β-unsaturated/α-hetero) is 1. The average Bonchev–Trinajstić information content (AvgIpc) is 3.05. The lowest BCUT2D eigenvalue weighted by atomic mass is 10.1. The number of hydrogen-bond donors (Lipinski definition) is 1. The number of para-hydroxylation sites is 1. The van der Waals surface area contributed by atoms with E-state index in [1.807, 2.05) is 6.07 Å². The van der Waals surface area contributed by atoms with Gasteiger partial charge in [-0.2, -0.15) is 0 Å². The van der Waals surface area contributed by atoms with E-state index in [0.29, 0.717) is 33.7 Å². The van der Waals surface area contributed by atoms with Crippen LogP contribution in [0.4, 0.5) is 10.7 Å². The zero-order valence-corrected chi connectivity index (χ0v) is 12.6. The summed E-state index contributed by atoms with van der Waals surface area (Å²) >= 11 is 1.17. The van der Waals surface area contributed by atoms with Gasteiger partial charge in [0, 0.05) is 16.0 Å². The van der Waals surface area contributed by atoms with Crippen molar-refractivity contribution in [2.24, 2.45) is 0 Å².